The highest BCUT2D eigenvalue weighted by molar-refractivity contribution is 5.87. The first-order chi connectivity index (χ1) is 17.0. The largest absolute Gasteiger partial charge is 0.446 e. The van der Waals surface area contributed by atoms with Crippen LogP contribution in [0.1, 0.15) is 19.3 Å². The molecule has 1 aromatic carbocycles. The first kappa shape index (κ1) is 24.8. The van der Waals surface area contributed by atoms with Crippen molar-refractivity contribution in [1.29, 1.82) is 0 Å². The molecule has 2 aliphatic heterocycles. The molecule has 11 heteroatoms. The number of hydrogen-bond donors (Lipinski definition) is 2. The average molecular weight is 488 g/mol. The van der Waals surface area contributed by atoms with Gasteiger partial charge in [-0.3, -0.25) is 19.6 Å². The van der Waals surface area contributed by atoms with Gasteiger partial charge >= 0.3 is 6.09 Å². The highest BCUT2D eigenvalue weighted by Crippen LogP contribution is 2.34. The molecular weight excluding hydrogens is 454 g/mol. The van der Waals surface area contributed by atoms with Crippen LogP contribution < -0.4 is 10.4 Å². The molecule has 35 heavy (non-hydrogen) atoms. The van der Waals surface area contributed by atoms with Gasteiger partial charge in [0.25, 0.3) is 0 Å². The van der Waals surface area contributed by atoms with Crippen LogP contribution in [0.2, 0.25) is 0 Å². The molecule has 1 aliphatic carbocycles. The standard InChI is InChI=1S/C24H33N5O6/c30-17-26-8-10-29(11-9-26)24(33)35-19-6-7-20(21(16-19)22(31)25-34)23(32)28-14-12-27(13-15-28)18-4-2-1-3-5-18/h1-5,17,19-21,34H,6-16H2,(H,25,31). The Balaban J connectivity index is 1.32. The third kappa shape index (κ3) is 5.84. The van der Waals surface area contributed by atoms with E-state index >= 15 is 0 Å². The zero-order valence-corrected chi connectivity index (χ0v) is 19.8. The minimum Gasteiger partial charge on any atom is -0.446 e. The number of amides is 4. The van der Waals surface area contributed by atoms with Crippen LogP contribution in [0.15, 0.2) is 30.3 Å². The fraction of sp³-hybridized carbons (Fsp3) is 0.583. The molecule has 3 atom stereocenters. The minimum atomic E-state index is -0.780. The van der Waals surface area contributed by atoms with Crippen LogP contribution >= 0.6 is 0 Å². The number of hydrogen-bond acceptors (Lipinski definition) is 7. The van der Waals surface area contributed by atoms with Gasteiger partial charge in [0.05, 0.1) is 11.8 Å². The molecule has 0 bridgehead atoms. The molecular formula is C24H33N5O6. The van der Waals surface area contributed by atoms with E-state index in [1.807, 2.05) is 30.3 Å². The molecule has 1 saturated carbocycles. The van der Waals surface area contributed by atoms with Crippen LogP contribution in [0.4, 0.5) is 10.5 Å². The number of rotatable bonds is 5. The van der Waals surface area contributed by atoms with Crippen molar-refractivity contribution in [2.45, 2.75) is 25.4 Å². The van der Waals surface area contributed by atoms with Crippen molar-refractivity contribution in [2.75, 3.05) is 57.3 Å². The number of carbonyl (C=O) groups is 4. The van der Waals surface area contributed by atoms with Gasteiger partial charge in [-0.05, 0) is 31.4 Å². The van der Waals surface area contributed by atoms with Gasteiger partial charge in [0.1, 0.15) is 6.10 Å². The van der Waals surface area contributed by atoms with Gasteiger partial charge in [0.15, 0.2) is 0 Å². The van der Waals surface area contributed by atoms with Crippen molar-refractivity contribution in [3.63, 3.8) is 0 Å². The lowest BCUT2D eigenvalue weighted by Crippen LogP contribution is -2.54. The van der Waals surface area contributed by atoms with E-state index in [9.17, 15) is 24.4 Å². The normalized spacial score (nSPS) is 25.1. The monoisotopic (exact) mass is 487 g/mol. The Morgan fingerprint density at radius 3 is 2.17 bits per heavy atom. The molecule has 11 nitrogen and oxygen atoms in total. The maximum absolute atomic E-state index is 13.4. The predicted molar refractivity (Wildman–Crippen MR) is 125 cm³/mol. The second-order valence-electron chi connectivity index (χ2n) is 9.28. The lowest BCUT2D eigenvalue weighted by molar-refractivity contribution is -0.149. The third-order valence-corrected chi connectivity index (χ3v) is 7.27. The second-order valence-corrected chi connectivity index (χ2v) is 9.28. The van der Waals surface area contributed by atoms with Crippen molar-refractivity contribution in [1.82, 2.24) is 20.2 Å². The van der Waals surface area contributed by atoms with Crippen LogP contribution in [-0.4, -0.2) is 103 Å². The molecule has 190 valence electrons. The lowest BCUT2D eigenvalue weighted by atomic mass is 9.76. The summed E-state index contributed by atoms with van der Waals surface area (Å²) in [5.74, 6) is -2.08. The van der Waals surface area contributed by atoms with Crippen molar-refractivity contribution in [2.24, 2.45) is 11.8 Å². The van der Waals surface area contributed by atoms with E-state index in [0.717, 1.165) is 12.1 Å². The van der Waals surface area contributed by atoms with Crippen LogP contribution in [0.5, 0.6) is 0 Å². The first-order valence-electron chi connectivity index (χ1n) is 12.2. The second kappa shape index (κ2) is 11.4. The summed E-state index contributed by atoms with van der Waals surface area (Å²) in [6, 6.07) is 10.0. The van der Waals surface area contributed by atoms with Gasteiger partial charge in [-0.15, -0.1) is 0 Å². The Morgan fingerprint density at radius 1 is 0.886 bits per heavy atom. The van der Waals surface area contributed by atoms with Crippen molar-refractivity contribution in [3.05, 3.63) is 30.3 Å². The summed E-state index contributed by atoms with van der Waals surface area (Å²) in [6.45, 7) is 4.21. The van der Waals surface area contributed by atoms with Crippen molar-refractivity contribution in [3.8, 4) is 0 Å². The number of anilines is 1. The van der Waals surface area contributed by atoms with E-state index in [2.05, 4.69) is 4.90 Å². The zero-order valence-electron chi connectivity index (χ0n) is 19.8. The van der Waals surface area contributed by atoms with Crippen molar-refractivity contribution < 1.29 is 29.1 Å². The summed E-state index contributed by atoms with van der Waals surface area (Å²) in [5, 5.41) is 9.30. The number of hydroxylamine groups is 1. The summed E-state index contributed by atoms with van der Waals surface area (Å²) in [4.78, 5) is 56.4. The van der Waals surface area contributed by atoms with Crippen molar-refractivity contribution >= 4 is 30.0 Å². The number of piperazine rings is 2. The Morgan fingerprint density at radius 2 is 1.54 bits per heavy atom. The molecule has 4 rings (SSSR count). The molecule has 2 saturated heterocycles. The Bertz CT molecular complexity index is 899. The highest BCUT2D eigenvalue weighted by Gasteiger charge is 2.43. The van der Waals surface area contributed by atoms with Gasteiger partial charge in [0.2, 0.25) is 18.2 Å². The number of nitrogens with zero attached hydrogens (tertiary/aromatic N) is 4. The summed E-state index contributed by atoms with van der Waals surface area (Å²) in [7, 11) is 0. The van der Waals surface area contributed by atoms with Gasteiger partial charge < -0.3 is 24.3 Å². The maximum Gasteiger partial charge on any atom is 0.410 e. The number of para-hydroxylation sites is 1. The zero-order chi connectivity index (χ0) is 24.8. The number of benzene rings is 1. The Labute approximate surface area is 204 Å². The highest BCUT2D eigenvalue weighted by atomic mass is 16.6. The van der Waals surface area contributed by atoms with Gasteiger partial charge in [0, 0.05) is 58.0 Å². The van der Waals surface area contributed by atoms with Crippen LogP contribution in [0.25, 0.3) is 0 Å². The van der Waals surface area contributed by atoms with E-state index in [0.29, 0.717) is 65.2 Å². The fourth-order valence-corrected chi connectivity index (χ4v) is 5.19. The third-order valence-electron chi connectivity index (χ3n) is 7.27. The van der Waals surface area contributed by atoms with Crippen LogP contribution in [0.3, 0.4) is 0 Å². The topological polar surface area (TPSA) is 123 Å². The van der Waals surface area contributed by atoms with Crippen LogP contribution in [0, 0.1) is 11.8 Å². The number of nitrogens with one attached hydrogen (secondary N) is 1. The summed E-state index contributed by atoms with van der Waals surface area (Å²) >= 11 is 0. The Hall–Kier alpha value is -3.34. The van der Waals surface area contributed by atoms with Gasteiger partial charge in [-0.1, -0.05) is 18.2 Å². The summed E-state index contributed by atoms with van der Waals surface area (Å²) in [5.41, 5.74) is 2.81. The molecule has 3 fully saturated rings. The quantitative estimate of drug-likeness (QED) is 0.353. The lowest BCUT2D eigenvalue weighted by Gasteiger charge is -2.41. The molecule has 3 aliphatic rings. The Kier molecular flexibility index (Phi) is 8.06. The number of ether oxygens (including phenoxy) is 1. The molecule has 0 aromatic heterocycles. The molecule has 0 spiro atoms. The molecule has 4 amide bonds. The molecule has 0 radical (unpaired) electrons. The first-order valence-corrected chi connectivity index (χ1v) is 12.2. The fourth-order valence-electron chi connectivity index (χ4n) is 5.19. The predicted octanol–water partition coefficient (Wildman–Crippen LogP) is 0.536. The molecule has 1 aromatic rings. The van der Waals surface area contributed by atoms with E-state index in [1.165, 1.54) is 0 Å². The van der Waals surface area contributed by atoms with E-state index < -0.39 is 29.9 Å². The number of carbonyl (C=O) groups excluding carboxylic acids is 4. The summed E-state index contributed by atoms with van der Waals surface area (Å²) in [6.07, 6.45) is 0.800. The van der Waals surface area contributed by atoms with E-state index in [-0.39, 0.29) is 12.3 Å². The molecule has 2 N–H and O–H groups in total. The maximum atomic E-state index is 13.4. The average Bonchev–Trinajstić information content (AvgIpc) is 2.92. The van der Waals surface area contributed by atoms with Gasteiger partial charge in [-0.25, -0.2) is 10.3 Å². The summed E-state index contributed by atoms with van der Waals surface area (Å²) < 4.78 is 5.65. The van der Waals surface area contributed by atoms with Gasteiger partial charge in [-0.2, -0.15) is 0 Å². The van der Waals surface area contributed by atoms with E-state index in [1.54, 1.807) is 20.2 Å². The molecule has 2 heterocycles. The smallest absolute Gasteiger partial charge is 0.410 e. The van der Waals surface area contributed by atoms with E-state index in [4.69, 9.17) is 4.74 Å². The minimum absolute atomic E-state index is 0.0962. The molecule has 3 unspecified atom stereocenters. The van der Waals surface area contributed by atoms with Crippen LogP contribution in [-0.2, 0) is 19.1 Å². The SMILES string of the molecule is O=CN1CCN(C(=O)OC2CCC(C(=O)N3CCN(c4ccccc4)CC3)C(C(=O)NO)C2)CC1.